The molecule has 0 aliphatic rings. The van der Waals surface area contributed by atoms with Crippen molar-refractivity contribution >= 4 is 23.3 Å². The van der Waals surface area contributed by atoms with Crippen LogP contribution in [-0.2, 0) is 22.8 Å². The average Bonchev–Trinajstić information content (AvgIpc) is 2.94. The molecule has 164 valence electrons. The molecule has 0 aliphatic carbocycles. The molecule has 0 saturated heterocycles. The van der Waals surface area contributed by atoms with Crippen molar-refractivity contribution in [3.05, 3.63) is 38.8 Å². The average molecular weight is 454 g/mol. The number of nitro benzene ring substituents is 1. The molecule has 30 heavy (non-hydrogen) atoms. The second-order valence-electron chi connectivity index (χ2n) is 6.05. The SMILES string of the molecule is CCCCOC(=O)COc1cc(F)c(-c2nn(C)c(C(F)(F)F)c2Cl)cc1[N+](=O)[O-]. The Labute approximate surface area is 172 Å². The van der Waals surface area contributed by atoms with E-state index in [9.17, 15) is 32.5 Å². The first kappa shape index (κ1) is 23.4. The number of nitrogens with zero attached hydrogens (tertiary/aromatic N) is 3. The van der Waals surface area contributed by atoms with Gasteiger partial charge in [0.2, 0.25) is 5.75 Å². The van der Waals surface area contributed by atoms with E-state index in [0.717, 1.165) is 13.5 Å². The lowest BCUT2D eigenvalue weighted by Crippen LogP contribution is -2.16. The zero-order valence-corrected chi connectivity index (χ0v) is 16.5. The molecule has 0 atom stereocenters. The van der Waals surface area contributed by atoms with Crippen molar-refractivity contribution in [2.24, 2.45) is 7.05 Å². The van der Waals surface area contributed by atoms with Crippen molar-refractivity contribution in [2.45, 2.75) is 25.9 Å². The number of aryl methyl sites for hydroxylation is 1. The summed E-state index contributed by atoms with van der Waals surface area (Å²) in [6.07, 6.45) is -3.49. The number of hydrogen-bond acceptors (Lipinski definition) is 6. The summed E-state index contributed by atoms with van der Waals surface area (Å²) in [6.45, 7) is 1.29. The summed E-state index contributed by atoms with van der Waals surface area (Å²) in [7, 11) is 0.951. The van der Waals surface area contributed by atoms with Gasteiger partial charge in [-0.15, -0.1) is 0 Å². The molecule has 0 radical (unpaired) electrons. The van der Waals surface area contributed by atoms with E-state index in [2.05, 4.69) is 5.10 Å². The highest BCUT2D eigenvalue weighted by Gasteiger charge is 2.39. The molecule has 0 spiro atoms. The lowest BCUT2D eigenvalue weighted by atomic mass is 10.1. The molecule has 1 heterocycles. The van der Waals surface area contributed by atoms with E-state index in [1.54, 1.807) is 0 Å². The van der Waals surface area contributed by atoms with Gasteiger partial charge in [0.15, 0.2) is 12.3 Å². The molecule has 1 aromatic carbocycles. The smallest absolute Gasteiger partial charge is 0.434 e. The Morgan fingerprint density at radius 1 is 1.37 bits per heavy atom. The molecule has 13 heteroatoms. The van der Waals surface area contributed by atoms with Crippen molar-refractivity contribution in [2.75, 3.05) is 13.2 Å². The third kappa shape index (κ3) is 5.17. The monoisotopic (exact) mass is 453 g/mol. The fourth-order valence-electron chi connectivity index (χ4n) is 2.47. The Morgan fingerprint density at radius 2 is 2.03 bits per heavy atom. The molecule has 0 saturated carbocycles. The van der Waals surface area contributed by atoms with Gasteiger partial charge in [-0.1, -0.05) is 24.9 Å². The van der Waals surface area contributed by atoms with Gasteiger partial charge in [0.05, 0.1) is 16.6 Å². The molecule has 0 N–H and O–H groups in total. The molecule has 2 rings (SSSR count). The molecule has 8 nitrogen and oxygen atoms in total. The number of benzene rings is 1. The minimum atomic E-state index is -4.87. The number of halogens is 5. The maximum atomic E-state index is 14.6. The van der Waals surface area contributed by atoms with Crippen molar-refractivity contribution in [3.8, 4) is 17.0 Å². The van der Waals surface area contributed by atoms with Crippen LogP contribution in [0.5, 0.6) is 5.75 Å². The fraction of sp³-hybridized carbons (Fsp3) is 0.412. The Bertz CT molecular complexity index is 962. The van der Waals surface area contributed by atoms with Crippen LogP contribution in [-0.4, -0.2) is 33.9 Å². The molecule has 0 unspecified atom stereocenters. The van der Waals surface area contributed by atoms with Crippen LogP contribution in [0.4, 0.5) is 23.2 Å². The number of alkyl halides is 3. The Kier molecular flexibility index (Phi) is 7.24. The summed E-state index contributed by atoms with van der Waals surface area (Å²) < 4.78 is 64.0. The quantitative estimate of drug-likeness (QED) is 0.191. The largest absolute Gasteiger partial charge is 0.475 e. The van der Waals surface area contributed by atoms with Gasteiger partial charge in [-0.3, -0.25) is 14.8 Å². The van der Waals surface area contributed by atoms with E-state index in [1.165, 1.54) is 0 Å². The molecule has 0 fully saturated rings. The van der Waals surface area contributed by atoms with Gasteiger partial charge in [-0.25, -0.2) is 9.18 Å². The third-order valence-corrected chi connectivity index (χ3v) is 4.22. The highest BCUT2D eigenvalue weighted by Crippen LogP contribution is 2.42. The molecule has 0 aliphatic heterocycles. The third-order valence-electron chi connectivity index (χ3n) is 3.86. The summed E-state index contributed by atoms with van der Waals surface area (Å²) in [5, 5.41) is 14.0. The zero-order chi connectivity index (χ0) is 22.6. The zero-order valence-electron chi connectivity index (χ0n) is 15.8. The van der Waals surface area contributed by atoms with E-state index >= 15 is 0 Å². The number of carbonyl (C=O) groups is 1. The molecule has 1 aromatic heterocycles. The van der Waals surface area contributed by atoms with Gasteiger partial charge < -0.3 is 9.47 Å². The van der Waals surface area contributed by atoms with Crippen LogP contribution in [0.1, 0.15) is 25.5 Å². The van der Waals surface area contributed by atoms with E-state index < -0.39 is 62.9 Å². The molecular formula is C17H16ClF4N3O5. The van der Waals surface area contributed by atoms with Crippen molar-refractivity contribution in [1.82, 2.24) is 9.78 Å². The van der Waals surface area contributed by atoms with Crippen LogP contribution in [0, 0.1) is 15.9 Å². The number of nitro groups is 1. The number of carbonyl (C=O) groups excluding carboxylic acids is 1. The minimum absolute atomic E-state index is 0.133. The lowest BCUT2D eigenvalue weighted by Gasteiger charge is -2.09. The van der Waals surface area contributed by atoms with E-state index in [0.29, 0.717) is 23.2 Å². The van der Waals surface area contributed by atoms with Crippen molar-refractivity contribution < 1.29 is 36.8 Å². The first-order valence-electron chi connectivity index (χ1n) is 8.53. The van der Waals surface area contributed by atoms with E-state index in [-0.39, 0.29) is 6.61 Å². The number of rotatable bonds is 8. The maximum absolute atomic E-state index is 14.6. The van der Waals surface area contributed by atoms with Gasteiger partial charge in [-0.05, 0) is 6.42 Å². The summed E-state index contributed by atoms with van der Waals surface area (Å²) in [4.78, 5) is 22.0. The number of esters is 1. The Balaban J connectivity index is 2.39. The first-order valence-corrected chi connectivity index (χ1v) is 8.91. The topological polar surface area (TPSA) is 96.5 Å². The van der Waals surface area contributed by atoms with Crippen LogP contribution in [0.25, 0.3) is 11.3 Å². The highest BCUT2D eigenvalue weighted by molar-refractivity contribution is 6.33. The van der Waals surface area contributed by atoms with Crippen LogP contribution >= 0.6 is 11.6 Å². The first-order chi connectivity index (χ1) is 14.0. The molecular weight excluding hydrogens is 438 g/mol. The van der Waals surface area contributed by atoms with Gasteiger partial charge in [0.1, 0.15) is 11.5 Å². The minimum Gasteiger partial charge on any atom is -0.475 e. The van der Waals surface area contributed by atoms with Gasteiger partial charge in [0.25, 0.3) is 0 Å². The second kappa shape index (κ2) is 9.28. The summed E-state index contributed by atoms with van der Waals surface area (Å²) in [5.74, 6) is -2.59. The Hall–Kier alpha value is -2.89. The fourth-order valence-corrected chi connectivity index (χ4v) is 2.84. The number of ether oxygens (including phenoxy) is 2. The summed E-state index contributed by atoms with van der Waals surface area (Å²) >= 11 is 5.72. The predicted molar refractivity (Wildman–Crippen MR) is 96.6 cm³/mol. The summed E-state index contributed by atoms with van der Waals surface area (Å²) in [6, 6.07) is 1.21. The van der Waals surface area contributed by atoms with Crippen LogP contribution in [0.2, 0.25) is 5.02 Å². The molecule has 0 amide bonds. The van der Waals surface area contributed by atoms with Crippen molar-refractivity contribution in [3.63, 3.8) is 0 Å². The van der Waals surface area contributed by atoms with Gasteiger partial charge >= 0.3 is 17.8 Å². The van der Waals surface area contributed by atoms with E-state index in [4.69, 9.17) is 21.1 Å². The van der Waals surface area contributed by atoms with E-state index in [1.807, 2.05) is 6.92 Å². The van der Waals surface area contributed by atoms with Crippen LogP contribution in [0.3, 0.4) is 0 Å². The maximum Gasteiger partial charge on any atom is 0.434 e. The van der Waals surface area contributed by atoms with Crippen LogP contribution < -0.4 is 4.74 Å². The summed E-state index contributed by atoms with van der Waals surface area (Å²) in [5.41, 5.74) is -3.38. The highest BCUT2D eigenvalue weighted by atomic mass is 35.5. The molecule has 2 aromatic rings. The number of hydrogen-bond donors (Lipinski definition) is 0. The second-order valence-corrected chi connectivity index (χ2v) is 6.43. The lowest BCUT2D eigenvalue weighted by molar-refractivity contribution is -0.385. The molecule has 0 bridgehead atoms. The predicted octanol–water partition coefficient (Wildman–Crippen LogP) is 4.53. The number of aromatic nitrogens is 2. The van der Waals surface area contributed by atoms with Gasteiger partial charge in [-0.2, -0.15) is 18.3 Å². The van der Waals surface area contributed by atoms with Crippen LogP contribution in [0.15, 0.2) is 12.1 Å². The normalized spacial score (nSPS) is 11.4. The Morgan fingerprint density at radius 3 is 2.57 bits per heavy atom. The standard InChI is InChI=1S/C17H16ClF4N3O5/c1-3-4-5-29-13(26)8-30-12-7-10(19)9(6-11(12)25(27)28)15-14(18)16(17(20,21)22)24(2)23-15/h6-7H,3-5,8H2,1-2H3. The van der Waals surface area contributed by atoms with Crippen molar-refractivity contribution in [1.29, 1.82) is 0 Å². The number of unbranched alkanes of at least 4 members (excludes halogenated alkanes) is 1. The van der Waals surface area contributed by atoms with Gasteiger partial charge in [0, 0.05) is 24.7 Å².